The molecular weight excluding hydrogens is 440 g/mol. The Kier molecular flexibility index (Phi) is 8.59. The van der Waals surface area contributed by atoms with Crippen LogP contribution in [0, 0.1) is 0 Å². The zero-order chi connectivity index (χ0) is 24.3. The number of nitrogens with one attached hydrogen (secondary N) is 2. The number of rotatable bonds is 12. The van der Waals surface area contributed by atoms with Crippen molar-refractivity contribution in [2.75, 3.05) is 6.54 Å². The molecule has 0 spiro atoms. The lowest BCUT2D eigenvalue weighted by Crippen LogP contribution is -2.51. The minimum absolute atomic E-state index is 0.227. The van der Waals surface area contributed by atoms with Gasteiger partial charge in [-0.25, -0.2) is 0 Å². The third kappa shape index (κ3) is 7.24. The molecule has 0 aliphatic rings. The fourth-order valence-electron chi connectivity index (χ4n) is 3.64. The van der Waals surface area contributed by atoms with Crippen LogP contribution in [0.3, 0.4) is 0 Å². The molecule has 4 rings (SSSR count). The number of aromatic hydroxyl groups is 2. The van der Waals surface area contributed by atoms with Crippen molar-refractivity contribution >= 4 is 0 Å². The molecular formula is C29H30N2O4. The van der Waals surface area contributed by atoms with Crippen LogP contribution < -0.4 is 20.1 Å². The molecule has 0 saturated heterocycles. The SMILES string of the molecule is Oc1ccccc1CNCC(NCc1ccccc1O)C(Oc1ccccc1)Oc1ccccc1. The van der Waals surface area contributed by atoms with Crippen molar-refractivity contribution in [2.24, 2.45) is 0 Å². The van der Waals surface area contributed by atoms with E-state index in [2.05, 4.69) is 10.6 Å². The molecule has 6 nitrogen and oxygen atoms in total. The first-order valence-electron chi connectivity index (χ1n) is 11.6. The van der Waals surface area contributed by atoms with E-state index in [1.54, 1.807) is 24.3 Å². The number of ether oxygens (including phenoxy) is 2. The molecule has 1 unspecified atom stereocenters. The zero-order valence-electron chi connectivity index (χ0n) is 19.4. The molecule has 0 amide bonds. The first-order chi connectivity index (χ1) is 17.2. The van der Waals surface area contributed by atoms with Gasteiger partial charge in [0, 0.05) is 30.8 Å². The second-order valence-electron chi connectivity index (χ2n) is 8.11. The van der Waals surface area contributed by atoms with E-state index < -0.39 is 6.29 Å². The Balaban J connectivity index is 1.54. The van der Waals surface area contributed by atoms with Gasteiger partial charge in [0.1, 0.15) is 23.0 Å². The molecule has 4 N–H and O–H groups in total. The van der Waals surface area contributed by atoms with E-state index in [1.165, 1.54) is 0 Å². The number of benzene rings is 4. The first kappa shape index (κ1) is 24.1. The molecule has 0 bridgehead atoms. The van der Waals surface area contributed by atoms with E-state index in [9.17, 15) is 10.2 Å². The second-order valence-corrected chi connectivity index (χ2v) is 8.11. The molecule has 0 aliphatic heterocycles. The summed E-state index contributed by atoms with van der Waals surface area (Å²) in [6, 6.07) is 33.2. The van der Waals surface area contributed by atoms with Crippen LogP contribution >= 0.6 is 0 Å². The molecule has 0 radical (unpaired) electrons. The van der Waals surface area contributed by atoms with Gasteiger partial charge in [-0.05, 0) is 36.4 Å². The minimum atomic E-state index is -0.678. The molecule has 1 atom stereocenters. The lowest BCUT2D eigenvalue weighted by molar-refractivity contribution is -0.0244. The maximum atomic E-state index is 10.2. The Labute approximate surface area is 205 Å². The normalized spacial score (nSPS) is 11.8. The molecule has 35 heavy (non-hydrogen) atoms. The second kappa shape index (κ2) is 12.5. The number of phenolic OH excluding ortho intramolecular Hbond substituents is 2. The van der Waals surface area contributed by atoms with Crippen molar-refractivity contribution in [1.29, 1.82) is 0 Å². The van der Waals surface area contributed by atoms with Crippen LogP contribution in [0.2, 0.25) is 0 Å². The summed E-state index contributed by atoms with van der Waals surface area (Å²) in [5, 5.41) is 27.3. The Morgan fingerprint density at radius 1 is 0.571 bits per heavy atom. The van der Waals surface area contributed by atoms with Gasteiger partial charge in [0.25, 0.3) is 6.29 Å². The summed E-state index contributed by atoms with van der Waals surface area (Å²) in [5.41, 5.74) is 1.58. The average molecular weight is 471 g/mol. The van der Waals surface area contributed by atoms with Gasteiger partial charge in [-0.3, -0.25) is 0 Å². The highest BCUT2D eigenvalue weighted by Crippen LogP contribution is 2.20. The largest absolute Gasteiger partial charge is 0.508 e. The van der Waals surface area contributed by atoms with Gasteiger partial charge in [0.2, 0.25) is 0 Å². The standard InChI is InChI=1S/C29H30N2O4/c32-27-17-9-7-11-22(27)19-30-21-26(31-20-23-12-8-10-18-28(23)33)29(34-24-13-3-1-4-14-24)35-25-15-5-2-6-16-25/h1-18,26,29-33H,19-21H2. The average Bonchev–Trinajstić information content (AvgIpc) is 2.89. The Hall–Kier alpha value is -4.00. The van der Waals surface area contributed by atoms with Crippen LogP contribution in [-0.2, 0) is 13.1 Å². The highest BCUT2D eigenvalue weighted by Gasteiger charge is 2.25. The van der Waals surface area contributed by atoms with E-state index in [0.29, 0.717) is 31.1 Å². The zero-order valence-corrected chi connectivity index (χ0v) is 19.4. The number of hydrogen-bond donors (Lipinski definition) is 4. The molecule has 0 fully saturated rings. The first-order valence-corrected chi connectivity index (χ1v) is 11.6. The highest BCUT2D eigenvalue weighted by molar-refractivity contribution is 5.32. The number of phenols is 2. The lowest BCUT2D eigenvalue weighted by Gasteiger charge is -2.29. The molecule has 4 aromatic carbocycles. The quantitative estimate of drug-likeness (QED) is 0.222. The van der Waals surface area contributed by atoms with Gasteiger partial charge in [0.05, 0.1) is 6.04 Å². The summed E-state index contributed by atoms with van der Waals surface area (Å²) < 4.78 is 12.6. The smallest absolute Gasteiger partial charge is 0.257 e. The van der Waals surface area contributed by atoms with Crippen LogP contribution in [0.4, 0.5) is 0 Å². The van der Waals surface area contributed by atoms with Crippen molar-refractivity contribution in [3.05, 3.63) is 120 Å². The fraction of sp³-hybridized carbons (Fsp3) is 0.172. The van der Waals surface area contributed by atoms with Crippen LogP contribution in [0.1, 0.15) is 11.1 Å². The van der Waals surface area contributed by atoms with Crippen molar-refractivity contribution in [3.63, 3.8) is 0 Å². The highest BCUT2D eigenvalue weighted by atomic mass is 16.7. The van der Waals surface area contributed by atoms with Gasteiger partial charge in [-0.2, -0.15) is 0 Å². The summed E-state index contributed by atoms with van der Waals surface area (Å²) in [4.78, 5) is 0. The maximum Gasteiger partial charge on any atom is 0.257 e. The molecule has 0 heterocycles. The van der Waals surface area contributed by atoms with Gasteiger partial charge in [-0.15, -0.1) is 0 Å². The topological polar surface area (TPSA) is 83.0 Å². The molecule has 0 aliphatic carbocycles. The molecule has 4 aromatic rings. The van der Waals surface area contributed by atoms with Gasteiger partial charge in [-0.1, -0.05) is 72.8 Å². The molecule has 0 aromatic heterocycles. The van der Waals surface area contributed by atoms with E-state index in [-0.39, 0.29) is 17.5 Å². The van der Waals surface area contributed by atoms with Crippen LogP contribution in [-0.4, -0.2) is 29.1 Å². The van der Waals surface area contributed by atoms with Crippen LogP contribution in [0.5, 0.6) is 23.0 Å². The molecule has 180 valence electrons. The summed E-state index contributed by atoms with van der Waals surface area (Å²) >= 11 is 0. The minimum Gasteiger partial charge on any atom is -0.508 e. The Bertz CT molecular complexity index is 1130. The van der Waals surface area contributed by atoms with Crippen molar-refractivity contribution in [3.8, 4) is 23.0 Å². The fourth-order valence-corrected chi connectivity index (χ4v) is 3.64. The van der Waals surface area contributed by atoms with Gasteiger partial charge < -0.3 is 30.3 Å². The van der Waals surface area contributed by atoms with Crippen LogP contribution in [0.25, 0.3) is 0 Å². The summed E-state index contributed by atoms with van der Waals surface area (Å²) in [6.07, 6.45) is -0.678. The Morgan fingerprint density at radius 3 is 1.54 bits per heavy atom. The Morgan fingerprint density at radius 2 is 1.03 bits per heavy atom. The van der Waals surface area contributed by atoms with Crippen molar-refractivity contribution in [2.45, 2.75) is 25.4 Å². The predicted molar refractivity (Wildman–Crippen MR) is 136 cm³/mol. The van der Waals surface area contributed by atoms with Gasteiger partial charge >= 0.3 is 0 Å². The molecule has 0 saturated carbocycles. The summed E-state index contributed by atoms with van der Waals surface area (Å²) in [6.45, 7) is 1.37. The van der Waals surface area contributed by atoms with Gasteiger partial charge in [0.15, 0.2) is 0 Å². The summed E-state index contributed by atoms with van der Waals surface area (Å²) in [5.74, 6) is 1.84. The summed E-state index contributed by atoms with van der Waals surface area (Å²) in [7, 11) is 0. The van der Waals surface area contributed by atoms with E-state index in [0.717, 1.165) is 11.1 Å². The maximum absolute atomic E-state index is 10.2. The van der Waals surface area contributed by atoms with E-state index in [1.807, 2.05) is 84.9 Å². The van der Waals surface area contributed by atoms with Crippen molar-refractivity contribution < 1.29 is 19.7 Å². The van der Waals surface area contributed by atoms with E-state index in [4.69, 9.17) is 9.47 Å². The number of para-hydroxylation sites is 4. The van der Waals surface area contributed by atoms with E-state index >= 15 is 0 Å². The van der Waals surface area contributed by atoms with Crippen molar-refractivity contribution in [1.82, 2.24) is 10.6 Å². The monoisotopic (exact) mass is 470 g/mol. The number of hydrogen-bond acceptors (Lipinski definition) is 6. The third-order valence-electron chi connectivity index (χ3n) is 5.54. The van der Waals surface area contributed by atoms with Crippen LogP contribution in [0.15, 0.2) is 109 Å². The molecule has 6 heteroatoms. The lowest BCUT2D eigenvalue weighted by atomic mass is 10.1. The predicted octanol–water partition coefficient (Wildman–Crippen LogP) is 4.83. The third-order valence-corrected chi connectivity index (χ3v) is 5.54.